The van der Waals surface area contributed by atoms with E-state index in [2.05, 4.69) is 4.74 Å². The van der Waals surface area contributed by atoms with E-state index < -0.39 is 0 Å². The monoisotopic (exact) mass is 119 g/mol. The largest absolute Gasteiger partial charge is 0.354 e. The Hall–Kier alpha value is -0.0100. The molecule has 7 heavy (non-hydrogen) atoms. The highest BCUT2D eigenvalue weighted by molar-refractivity contribution is 6.22. The molecule has 0 atom stereocenters. The third-order valence-electron chi connectivity index (χ3n) is 0.491. The third-order valence-corrected chi connectivity index (χ3v) is 0.617. The Kier molecular flexibility index (Phi) is 5.98. The summed E-state index contributed by atoms with van der Waals surface area (Å²) < 4.78 is 4.63. The molecule has 1 nitrogen and oxygen atoms in total. The van der Waals surface area contributed by atoms with E-state index in [1.54, 1.807) is 0 Å². The van der Waals surface area contributed by atoms with E-state index in [0.717, 1.165) is 6.07 Å². The summed E-state index contributed by atoms with van der Waals surface area (Å²) >= 11 is 5.06. The van der Waals surface area contributed by atoms with Crippen molar-refractivity contribution in [1.29, 1.82) is 0 Å². The molecular weight excluding hydrogens is 112 g/mol. The minimum atomic E-state index is 0.569. The standard InChI is InChI=1S/C5H8ClO/c1-2-3-4-7-5-6/h2-3,5H,4H2,1H3. The van der Waals surface area contributed by atoms with Crippen LogP contribution in [-0.4, -0.2) is 6.61 Å². The Balaban J connectivity index is 2.69. The number of hydrogen-bond donors (Lipinski definition) is 0. The maximum Gasteiger partial charge on any atom is 0.171 e. The molecule has 0 aliphatic heterocycles. The SMILES string of the molecule is CC=CCO[CH]Cl. The van der Waals surface area contributed by atoms with Gasteiger partial charge in [-0.25, -0.2) is 0 Å². The zero-order valence-corrected chi connectivity index (χ0v) is 4.98. The van der Waals surface area contributed by atoms with Crippen molar-refractivity contribution in [2.75, 3.05) is 6.61 Å². The lowest BCUT2D eigenvalue weighted by molar-refractivity contribution is 0.266. The first-order valence-electron chi connectivity index (χ1n) is 2.06. The van der Waals surface area contributed by atoms with Gasteiger partial charge in [-0.2, -0.15) is 0 Å². The van der Waals surface area contributed by atoms with Gasteiger partial charge in [-0.05, 0) is 6.92 Å². The number of rotatable bonds is 3. The van der Waals surface area contributed by atoms with Crippen molar-refractivity contribution >= 4 is 11.6 Å². The summed E-state index contributed by atoms with van der Waals surface area (Å²) in [5.41, 5.74) is 0. The Morgan fingerprint density at radius 1 is 1.71 bits per heavy atom. The van der Waals surface area contributed by atoms with Gasteiger partial charge in [-0.3, -0.25) is 0 Å². The van der Waals surface area contributed by atoms with Crippen molar-refractivity contribution < 1.29 is 4.74 Å². The average Bonchev–Trinajstić information content (AvgIpc) is 1.69. The molecular formula is C5H8ClO. The third kappa shape index (κ3) is 5.99. The van der Waals surface area contributed by atoms with Crippen LogP contribution >= 0.6 is 11.6 Å². The molecule has 1 radical (unpaired) electrons. The molecule has 0 aromatic heterocycles. The van der Waals surface area contributed by atoms with Gasteiger partial charge in [0.1, 0.15) is 0 Å². The highest BCUT2D eigenvalue weighted by Crippen LogP contribution is 1.85. The zero-order valence-electron chi connectivity index (χ0n) is 4.23. The smallest absolute Gasteiger partial charge is 0.171 e. The van der Waals surface area contributed by atoms with Gasteiger partial charge in [-0.15, -0.1) is 0 Å². The number of allylic oxidation sites excluding steroid dienone is 1. The van der Waals surface area contributed by atoms with E-state index in [1.165, 1.54) is 0 Å². The molecule has 0 rings (SSSR count). The molecule has 0 saturated heterocycles. The van der Waals surface area contributed by atoms with Crippen LogP contribution in [0.3, 0.4) is 0 Å². The molecule has 2 heteroatoms. The van der Waals surface area contributed by atoms with Crippen LogP contribution < -0.4 is 0 Å². The van der Waals surface area contributed by atoms with Crippen molar-refractivity contribution in [3.05, 3.63) is 18.2 Å². The Bertz CT molecular complexity index is 52.0. The second kappa shape index (κ2) is 5.99. The molecule has 0 aromatic carbocycles. The van der Waals surface area contributed by atoms with Gasteiger partial charge in [0, 0.05) is 0 Å². The molecule has 0 unspecified atom stereocenters. The van der Waals surface area contributed by atoms with Crippen molar-refractivity contribution in [2.24, 2.45) is 0 Å². The van der Waals surface area contributed by atoms with E-state index in [0.29, 0.717) is 6.61 Å². The van der Waals surface area contributed by atoms with E-state index in [4.69, 9.17) is 11.6 Å². The fourth-order valence-electron chi connectivity index (χ4n) is 0.188. The number of ether oxygens (including phenoxy) is 1. The van der Waals surface area contributed by atoms with Crippen LogP contribution in [0.15, 0.2) is 12.2 Å². The lowest BCUT2D eigenvalue weighted by atomic mass is 10.6. The highest BCUT2D eigenvalue weighted by Gasteiger charge is 1.72. The summed E-state index contributed by atoms with van der Waals surface area (Å²) in [6, 6.07) is 1.15. The molecule has 0 saturated carbocycles. The van der Waals surface area contributed by atoms with Crippen LogP contribution in [-0.2, 0) is 4.74 Å². The maximum atomic E-state index is 5.06. The van der Waals surface area contributed by atoms with Gasteiger partial charge < -0.3 is 4.74 Å². The first-order valence-corrected chi connectivity index (χ1v) is 2.50. The number of halogens is 1. The quantitative estimate of drug-likeness (QED) is 0.408. The van der Waals surface area contributed by atoms with E-state index in [1.807, 2.05) is 19.1 Å². The van der Waals surface area contributed by atoms with Gasteiger partial charge in [-0.1, -0.05) is 23.8 Å². The van der Waals surface area contributed by atoms with Gasteiger partial charge in [0.05, 0.1) is 6.61 Å². The molecule has 0 spiro atoms. The van der Waals surface area contributed by atoms with E-state index in [9.17, 15) is 0 Å². The lowest BCUT2D eigenvalue weighted by Crippen LogP contribution is -1.79. The summed E-state index contributed by atoms with van der Waals surface area (Å²) in [6.45, 7) is 2.50. The van der Waals surface area contributed by atoms with Crippen molar-refractivity contribution in [2.45, 2.75) is 6.92 Å². The molecule has 0 fully saturated rings. The molecule has 41 valence electrons. The first-order chi connectivity index (χ1) is 3.41. The normalized spacial score (nSPS) is 10.6. The molecule has 0 aromatic rings. The second-order valence-corrected chi connectivity index (χ2v) is 1.17. The zero-order chi connectivity index (χ0) is 5.54. The minimum absolute atomic E-state index is 0.569. The summed E-state index contributed by atoms with van der Waals surface area (Å²) in [4.78, 5) is 0. The molecule has 0 heterocycles. The van der Waals surface area contributed by atoms with Crippen LogP contribution in [0.5, 0.6) is 0 Å². The summed E-state index contributed by atoms with van der Waals surface area (Å²) in [5.74, 6) is 0. The average molecular weight is 120 g/mol. The maximum absolute atomic E-state index is 5.06. The Labute approximate surface area is 48.9 Å². The fraction of sp³-hybridized carbons (Fsp3) is 0.400. The number of hydrogen-bond acceptors (Lipinski definition) is 1. The lowest BCUT2D eigenvalue weighted by Gasteiger charge is -1.86. The van der Waals surface area contributed by atoms with Crippen molar-refractivity contribution in [1.82, 2.24) is 0 Å². The van der Waals surface area contributed by atoms with Gasteiger partial charge in [0.2, 0.25) is 0 Å². The summed E-state index contributed by atoms with van der Waals surface area (Å²) in [6.07, 6.45) is 3.78. The van der Waals surface area contributed by atoms with Gasteiger partial charge >= 0.3 is 0 Å². The molecule has 0 aliphatic carbocycles. The topological polar surface area (TPSA) is 9.23 Å². The molecule has 0 N–H and O–H groups in total. The molecule has 0 bridgehead atoms. The van der Waals surface area contributed by atoms with Crippen molar-refractivity contribution in [3.8, 4) is 0 Å². The second-order valence-electron chi connectivity index (χ2n) is 0.991. The van der Waals surface area contributed by atoms with Crippen LogP contribution in [0, 0.1) is 6.07 Å². The predicted molar refractivity (Wildman–Crippen MR) is 30.9 cm³/mol. The Morgan fingerprint density at radius 2 is 2.43 bits per heavy atom. The fourth-order valence-corrected chi connectivity index (χ4v) is 0.261. The van der Waals surface area contributed by atoms with E-state index in [-0.39, 0.29) is 0 Å². The van der Waals surface area contributed by atoms with Gasteiger partial charge in [0.25, 0.3) is 0 Å². The van der Waals surface area contributed by atoms with Crippen LogP contribution in [0.1, 0.15) is 6.92 Å². The highest BCUT2D eigenvalue weighted by atomic mass is 35.5. The van der Waals surface area contributed by atoms with Crippen LogP contribution in [0.4, 0.5) is 0 Å². The predicted octanol–water partition coefficient (Wildman–Crippen LogP) is 1.94. The van der Waals surface area contributed by atoms with Crippen LogP contribution in [0.25, 0.3) is 0 Å². The first kappa shape index (κ1) is 6.99. The van der Waals surface area contributed by atoms with Crippen molar-refractivity contribution in [3.63, 3.8) is 0 Å². The summed E-state index contributed by atoms with van der Waals surface area (Å²) in [7, 11) is 0. The van der Waals surface area contributed by atoms with E-state index >= 15 is 0 Å². The minimum Gasteiger partial charge on any atom is -0.354 e. The summed E-state index contributed by atoms with van der Waals surface area (Å²) in [5, 5.41) is 0. The Morgan fingerprint density at radius 3 is 2.86 bits per heavy atom. The van der Waals surface area contributed by atoms with Crippen LogP contribution in [0.2, 0.25) is 0 Å². The molecule has 0 amide bonds. The van der Waals surface area contributed by atoms with Gasteiger partial charge in [0.15, 0.2) is 6.07 Å². The molecule has 0 aliphatic rings.